The van der Waals surface area contributed by atoms with E-state index in [0.717, 1.165) is 37.7 Å². The summed E-state index contributed by atoms with van der Waals surface area (Å²) in [5, 5.41) is 14.5. The molecule has 0 spiro atoms. The summed E-state index contributed by atoms with van der Waals surface area (Å²) in [6.45, 7) is 1.17. The lowest BCUT2D eigenvalue weighted by molar-refractivity contribution is 0.0451. The van der Waals surface area contributed by atoms with Crippen LogP contribution in [-0.2, 0) is 12.8 Å². The number of hydrogen-bond donors (Lipinski definition) is 1. The number of aryl methyl sites for hydroxylation is 1. The number of halogens is 1. The van der Waals surface area contributed by atoms with Crippen LogP contribution in [0.3, 0.4) is 0 Å². The highest BCUT2D eigenvalue weighted by Gasteiger charge is 2.35. The average molecular weight is 661 g/mol. The fourth-order valence-corrected chi connectivity index (χ4v) is 6.45. The Balaban J connectivity index is 1.23. The van der Waals surface area contributed by atoms with Crippen molar-refractivity contribution in [2.45, 2.75) is 44.6 Å². The van der Waals surface area contributed by atoms with Gasteiger partial charge in [-0.15, -0.1) is 0 Å². The molecule has 8 nitrogen and oxygen atoms in total. The summed E-state index contributed by atoms with van der Waals surface area (Å²) < 4.78 is 22.1. The molecule has 1 N–H and O–H groups in total. The Labute approximate surface area is 286 Å². The van der Waals surface area contributed by atoms with Gasteiger partial charge in [0.15, 0.2) is 0 Å². The van der Waals surface area contributed by atoms with Gasteiger partial charge in [0.25, 0.3) is 5.91 Å². The van der Waals surface area contributed by atoms with Gasteiger partial charge in [0, 0.05) is 25.2 Å². The highest BCUT2D eigenvalue weighted by atomic mass is 19.1. The van der Waals surface area contributed by atoms with Crippen LogP contribution in [0, 0.1) is 5.82 Å². The number of benzene rings is 4. The summed E-state index contributed by atoms with van der Waals surface area (Å²) in [5.74, 6) is -0.0115. The molecule has 6 rings (SSSR count). The van der Waals surface area contributed by atoms with Crippen molar-refractivity contribution in [1.82, 2.24) is 19.6 Å². The molecule has 2 heterocycles. The Morgan fingerprint density at radius 3 is 2.20 bits per heavy atom. The van der Waals surface area contributed by atoms with Gasteiger partial charge in [0.05, 0.1) is 30.1 Å². The van der Waals surface area contributed by atoms with Crippen LogP contribution in [0.2, 0.25) is 0 Å². The quantitative estimate of drug-likeness (QED) is 0.130. The summed E-state index contributed by atoms with van der Waals surface area (Å²) in [6.07, 6.45) is 6.31. The van der Waals surface area contributed by atoms with Crippen molar-refractivity contribution in [3.8, 4) is 22.7 Å². The molecular formula is C40H41FN4O4. The van der Waals surface area contributed by atoms with Gasteiger partial charge in [-0.2, -0.15) is 5.10 Å². The monoisotopic (exact) mass is 660 g/mol. The Kier molecular flexibility index (Phi) is 11.0. The van der Waals surface area contributed by atoms with Crippen LogP contribution in [0.1, 0.15) is 47.2 Å². The van der Waals surface area contributed by atoms with Crippen molar-refractivity contribution >= 4 is 12.0 Å². The molecule has 1 saturated heterocycles. The van der Waals surface area contributed by atoms with Crippen molar-refractivity contribution in [1.29, 1.82) is 0 Å². The summed E-state index contributed by atoms with van der Waals surface area (Å²) in [6, 6.07) is 33.5. The van der Waals surface area contributed by atoms with Crippen molar-refractivity contribution in [2.24, 2.45) is 0 Å². The molecule has 1 aliphatic rings. The first kappa shape index (κ1) is 33.5. The van der Waals surface area contributed by atoms with E-state index in [-0.39, 0.29) is 37.4 Å². The fraction of sp³-hybridized carbons (Fsp3) is 0.275. The molecule has 2 amide bonds. The smallest absolute Gasteiger partial charge is 0.407 e. The number of rotatable bonds is 13. The maximum Gasteiger partial charge on any atom is 0.407 e. The number of hydrogen-bond acceptors (Lipinski definition) is 4. The van der Waals surface area contributed by atoms with E-state index in [4.69, 9.17) is 9.84 Å². The maximum atomic E-state index is 14.5. The molecule has 0 bridgehead atoms. The number of aromatic nitrogens is 2. The van der Waals surface area contributed by atoms with Gasteiger partial charge in [-0.25, -0.2) is 13.9 Å². The highest BCUT2D eigenvalue weighted by Crippen LogP contribution is 2.33. The number of para-hydroxylation sites is 2. The molecule has 0 aliphatic carbocycles. The number of nitrogens with zero attached hydrogens (tertiary/aromatic N) is 4. The van der Waals surface area contributed by atoms with Crippen LogP contribution in [0.15, 0.2) is 115 Å². The van der Waals surface area contributed by atoms with Crippen molar-refractivity contribution in [2.75, 3.05) is 26.2 Å². The second kappa shape index (κ2) is 16.1. The van der Waals surface area contributed by atoms with Gasteiger partial charge in [-0.1, -0.05) is 85.6 Å². The van der Waals surface area contributed by atoms with Crippen molar-refractivity contribution in [3.05, 3.63) is 138 Å². The number of piperazine rings is 1. The molecule has 0 saturated carbocycles. The molecule has 1 fully saturated rings. The molecule has 252 valence electrons. The Bertz CT molecular complexity index is 1830. The van der Waals surface area contributed by atoms with E-state index in [2.05, 4.69) is 24.3 Å². The SMILES string of the molecule is O=C(O)N1CCN(C(=O)c2cnn(-c3ccccc3OCCCCCCc3ccccc3)c2-c2ccc(F)cc2)C(Cc2ccccc2)C1. The molecule has 49 heavy (non-hydrogen) atoms. The van der Waals surface area contributed by atoms with E-state index in [0.29, 0.717) is 41.3 Å². The molecule has 9 heteroatoms. The summed E-state index contributed by atoms with van der Waals surface area (Å²) in [4.78, 5) is 29.5. The van der Waals surface area contributed by atoms with E-state index >= 15 is 0 Å². The minimum absolute atomic E-state index is 0.193. The van der Waals surface area contributed by atoms with E-state index in [9.17, 15) is 19.1 Å². The lowest BCUT2D eigenvalue weighted by Crippen LogP contribution is -2.57. The van der Waals surface area contributed by atoms with E-state index < -0.39 is 6.09 Å². The number of amides is 2. The second-order valence-corrected chi connectivity index (χ2v) is 12.4. The van der Waals surface area contributed by atoms with Crippen LogP contribution in [-0.4, -0.2) is 69.0 Å². The van der Waals surface area contributed by atoms with Gasteiger partial charge >= 0.3 is 6.09 Å². The Morgan fingerprint density at radius 1 is 0.796 bits per heavy atom. The maximum absolute atomic E-state index is 14.5. The highest BCUT2D eigenvalue weighted by molar-refractivity contribution is 6.00. The summed E-state index contributed by atoms with van der Waals surface area (Å²) >= 11 is 0. The van der Waals surface area contributed by atoms with E-state index in [1.165, 1.54) is 22.6 Å². The van der Waals surface area contributed by atoms with Crippen molar-refractivity contribution in [3.63, 3.8) is 0 Å². The second-order valence-electron chi connectivity index (χ2n) is 12.4. The Morgan fingerprint density at radius 2 is 1.47 bits per heavy atom. The van der Waals surface area contributed by atoms with E-state index in [1.807, 2.05) is 60.7 Å². The molecule has 1 atom stereocenters. The predicted octanol–water partition coefficient (Wildman–Crippen LogP) is 7.91. The first-order valence-corrected chi connectivity index (χ1v) is 16.9. The van der Waals surface area contributed by atoms with Crippen LogP contribution in [0.5, 0.6) is 5.75 Å². The van der Waals surface area contributed by atoms with Gasteiger partial charge in [-0.3, -0.25) is 4.79 Å². The lowest BCUT2D eigenvalue weighted by Gasteiger charge is -2.40. The molecule has 0 radical (unpaired) electrons. The molecular weight excluding hydrogens is 619 g/mol. The molecule has 1 aromatic heterocycles. The number of carbonyl (C=O) groups excluding carboxylic acids is 1. The minimum atomic E-state index is -1.01. The zero-order valence-corrected chi connectivity index (χ0v) is 27.5. The predicted molar refractivity (Wildman–Crippen MR) is 188 cm³/mol. The van der Waals surface area contributed by atoms with Crippen LogP contribution < -0.4 is 4.74 Å². The molecule has 1 unspecified atom stereocenters. The fourth-order valence-electron chi connectivity index (χ4n) is 6.45. The lowest BCUT2D eigenvalue weighted by atomic mass is 10.00. The minimum Gasteiger partial charge on any atom is -0.491 e. The zero-order valence-electron chi connectivity index (χ0n) is 27.5. The topological polar surface area (TPSA) is 87.9 Å². The Hall–Kier alpha value is -5.44. The first-order chi connectivity index (χ1) is 24.0. The molecule has 4 aromatic carbocycles. The number of unbranched alkanes of at least 4 members (excludes halogenated alkanes) is 3. The largest absolute Gasteiger partial charge is 0.491 e. The summed E-state index contributed by atoms with van der Waals surface area (Å²) in [7, 11) is 0. The normalized spacial score (nSPS) is 14.5. The zero-order chi connectivity index (χ0) is 34.0. The van der Waals surface area contributed by atoms with Gasteiger partial charge in [-0.05, 0) is 73.2 Å². The van der Waals surface area contributed by atoms with Crippen LogP contribution >= 0.6 is 0 Å². The van der Waals surface area contributed by atoms with Crippen LogP contribution in [0.4, 0.5) is 9.18 Å². The number of carboxylic acid groups (broad SMARTS) is 1. The first-order valence-electron chi connectivity index (χ1n) is 16.9. The number of carbonyl (C=O) groups is 2. The van der Waals surface area contributed by atoms with E-state index in [1.54, 1.807) is 27.9 Å². The number of ether oxygens (including phenoxy) is 1. The van der Waals surface area contributed by atoms with Crippen molar-refractivity contribution < 1.29 is 23.8 Å². The van der Waals surface area contributed by atoms with Gasteiger partial charge in [0.2, 0.25) is 0 Å². The average Bonchev–Trinajstić information content (AvgIpc) is 3.57. The van der Waals surface area contributed by atoms with Gasteiger partial charge in [0.1, 0.15) is 17.3 Å². The third-order valence-corrected chi connectivity index (χ3v) is 9.00. The molecule has 5 aromatic rings. The van der Waals surface area contributed by atoms with Gasteiger partial charge < -0.3 is 19.6 Å². The third-order valence-electron chi connectivity index (χ3n) is 9.00. The third kappa shape index (κ3) is 8.35. The molecule has 1 aliphatic heterocycles. The van der Waals surface area contributed by atoms with Crippen LogP contribution in [0.25, 0.3) is 16.9 Å². The summed E-state index contributed by atoms with van der Waals surface area (Å²) in [5.41, 5.74) is 4.52. The standard InChI is InChI=1S/C40H41FN4O4/c41-33-22-20-32(21-23-33)38-35(39(46)44-25-24-43(40(47)48)29-34(44)27-31-16-8-4-9-17-31)28-42-45(38)36-18-10-11-19-37(36)49-26-12-2-1-5-13-30-14-6-3-7-15-30/h3-4,6-11,14-23,28,34H,1-2,5,12-13,24-27,29H2,(H,47,48).